The number of hydrogen-bond donors (Lipinski definition) is 0. The zero-order valence-electron chi connectivity index (χ0n) is 11.6. The summed E-state index contributed by atoms with van der Waals surface area (Å²) in [4.78, 5) is 0.223. The Morgan fingerprint density at radius 2 is 1.76 bits per heavy atom. The summed E-state index contributed by atoms with van der Waals surface area (Å²) < 4.78 is 31.0. The van der Waals surface area contributed by atoms with Crippen LogP contribution in [-0.4, -0.2) is 32.0 Å². The van der Waals surface area contributed by atoms with E-state index in [1.54, 1.807) is 12.1 Å². The fourth-order valence-corrected chi connectivity index (χ4v) is 3.02. The van der Waals surface area contributed by atoms with Gasteiger partial charge in [-0.15, -0.1) is 0 Å². The van der Waals surface area contributed by atoms with Gasteiger partial charge in [0.1, 0.15) is 5.52 Å². The lowest BCUT2D eigenvalue weighted by Crippen LogP contribution is -2.22. The summed E-state index contributed by atoms with van der Waals surface area (Å²) in [5, 5.41) is 4.66. The van der Waals surface area contributed by atoms with Crippen LogP contribution < -0.4 is 0 Å². The molecule has 0 amide bonds. The van der Waals surface area contributed by atoms with E-state index in [4.69, 9.17) is 4.52 Å². The molecule has 21 heavy (non-hydrogen) atoms. The summed E-state index contributed by atoms with van der Waals surface area (Å²) in [5.74, 6) is 0.571. The second kappa shape index (κ2) is 4.98. The van der Waals surface area contributed by atoms with Gasteiger partial charge in [-0.05, 0) is 18.2 Å². The first-order valence-electron chi connectivity index (χ1n) is 6.37. The molecule has 0 saturated carbocycles. The van der Waals surface area contributed by atoms with Crippen molar-refractivity contribution < 1.29 is 12.9 Å². The highest BCUT2D eigenvalue weighted by Crippen LogP contribution is 2.30. The lowest BCUT2D eigenvalue weighted by atomic mass is 10.1. The van der Waals surface area contributed by atoms with Crippen LogP contribution in [-0.2, 0) is 10.0 Å². The van der Waals surface area contributed by atoms with E-state index in [1.165, 1.54) is 24.5 Å². The van der Waals surface area contributed by atoms with Gasteiger partial charge in [0.2, 0.25) is 10.0 Å². The zero-order valence-corrected chi connectivity index (χ0v) is 12.5. The number of rotatable bonds is 3. The molecular formula is C15H14N2O3S. The summed E-state index contributed by atoms with van der Waals surface area (Å²) >= 11 is 0. The second-order valence-corrected chi connectivity index (χ2v) is 7.00. The number of hydrogen-bond acceptors (Lipinski definition) is 4. The van der Waals surface area contributed by atoms with Gasteiger partial charge in [0.15, 0.2) is 5.76 Å². The average molecular weight is 302 g/mol. The minimum atomic E-state index is -3.48. The summed E-state index contributed by atoms with van der Waals surface area (Å²) in [7, 11) is -0.471. The predicted octanol–water partition coefficient (Wildman–Crippen LogP) is 2.75. The van der Waals surface area contributed by atoms with Crippen molar-refractivity contribution in [3.05, 3.63) is 48.5 Å². The normalized spacial score (nSPS) is 12.1. The molecule has 2 aromatic carbocycles. The van der Waals surface area contributed by atoms with Crippen molar-refractivity contribution in [2.24, 2.45) is 0 Å². The Morgan fingerprint density at radius 1 is 1.05 bits per heavy atom. The number of aromatic nitrogens is 1. The maximum Gasteiger partial charge on any atom is 0.242 e. The first-order valence-corrected chi connectivity index (χ1v) is 7.81. The van der Waals surface area contributed by atoms with E-state index in [0.717, 1.165) is 5.56 Å². The third kappa shape index (κ3) is 2.32. The van der Waals surface area contributed by atoms with Gasteiger partial charge in [-0.1, -0.05) is 35.5 Å². The van der Waals surface area contributed by atoms with E-state index in [1.807, 2.05) is 30.3 Å². The third-order valence-electron chi connectivity index (χ3n) is 3.26. The van der Waals surface area contributed by atoms with E-state index >= 15 is 0 Å². The molecule has 0 fully saturated rings. The van der Waals surface area contributed by atoms with Gasteiger partial charge >= 0.3 is 0 Å². The van der Waals surface area contributed by atoms with Crippen molar-refractivity contribution in [1.29, 1.82) is 0 Å². The average Bonchev–Trinajstić information content (AvgIpc) is 2.91. The molecule has 0 bridgehead atoms. The monoisotopic (exact) mass is 302 g/mol. The molecule has 6 heteroatoms. The van der Waals surface area contributed by atoms with E-state index in [9.17, 15) is 8.42 Å². The molecule has 0 aliphatic rings. The Bertz CT molecular complexity index is 884. The van der Waals surface area contributed by atoms with Crippen LogP contribution in [0.2, 0.25) is 0 Å². The fourth-order valence-electron chi connectivity index (χ4n) is 2.09. The molecule has 0 atom stereocenters. The quantitative estimate of drug-likeness (QED) is 0.746. The minimum Gasteiger partial charge on any atom is -0.355 e. The molecule has 0 unspecified atom stereocenters. The fraction of sp³-hybridized carbons (Fsp3) is 0.133. The first-order chi connectivity index (χ1) is 10.00. The summed E-state index contributed by atoms with van der Waals surface area (Å²) in [6, 6.07) is 14.3. The van der Waals surface area contributed by atoms with Crippen LogP contribution in [0.3, 0.4) is 0 Å². The van der Waals surface area contributed by atoms with Crippen molar-refractivity contribution in [2.45, 2.75) is 4.90 Å². The highest BCUT2D eigenvalue weighted by atomic mass is 32.2. The molecular weight excluding hydrogens is 288 g/mol. The second-order valence-electron chi connectivity index (χ2n) is 4.84. The van der Waals surface area contributed by atoms with Crippen molar-refractivity contribution in [1.82, 2.24) is 9.46 Å². The van der Waals surface area contributed by atoms with Crippen LogP contribution in [0.15, 0.2) is 57.9 Å². The predicted molar refractivity (Wildman–Crippen MR) is 80.3 cm³/mol. The molecule has 3 rings (SSSR count). The van der Waals surface area contributed by atoms with E-state index < -0.39 is 10.0 Å². The van der Waals surface area contributed by atoms with Crippen molar-refractivity contribution in [3.8, 4) is 11.3 Å². The van der Waals surface area contributed by atoms with Crippen molar-refractivity contribution in [3.63, 3.8) is 0 Å². The molecule has 0 aliphatic carbocycles. The topological polar surface area (TPSA) is 63.4 Å². The molecule has 1 aromatic heterocycles. The molecule has 0 spiro atoms. The van der Waals surface area contributed by atoms with Gasteiger partial charge in [-0.25, -0.2) is 12.7 Å². The van der Waals surface area contributed by atoms with Crippen molar-refractivity contribution >= 4 is 20.9 Å². The molecule has 3 aromatic rings. The smallest absolute Gasteiger partial charge is 0.242 e. The molecule has 0 aliphatic heterocycles. The highest BCUT2D eigenvalue weighted by molar-refractivity contribution is 7.89. The standard InChI is InChI=1S/C15H14N2O3S/c1-17(2)21(18,19)12-8-9-14-13(10-12)15(20-16-14)11-6-4-3-5-7-11/h3-10H,1-2H3. The third-order valence-corrected chi connectivity index (χ3v) is 5.07. The lowest BCUT2D eigenvalue weighted by molar-refractivity contribution is 0.441. The molecule has 0 radical (unpaired) electrons. The van der Waals surface area contributed by atoms with E-state index in [0.29, 0.717) is 16.7 Å². The molecule has 108 valence electrons. The largest absolute Gasteiger partial charge is 0.355 e. The zero-order chi connectivity index (χ0) is 15.0. The van der Waals surface area contributed by atoms with Gasteiger partial charge in [0, 0.05) is 19.7 Å². The van der Waals surface area contributed by atoms with Crippen LogP contribution in [0.4, 0.5) is 0 Å². The van der Waals surface area contributed by atoms with Crippen LogP contribution in [0.5, 0.6) is 0 Å². The van der Waals surface area contributed by atoms with Gasteiger partial charge in [-0.3, -0.25) is 0 Å². The van der Waals surface area contributed by atoms with Gasteiger partial charge in [0.25, 0.3) is 0 Å². The van der Waals surface area contributed by atoms with E-state index in [2.05, 4.69) is 5.16 Å². The van der Waals surface area contributed by atoms with E-state index in [-0.39, 0.29) is 4.90 Å². The first kappa shape index (κ1) is 13.8. The van der Waals surface area contributed by atoms with Crippen molar-refractivity contribution in [2.75, 3.05) is 14.1 Å². The Kier molecular flexibility index (Phi) is 3.27. The Morgan fingerprint density at radius 3 is 2.43 bits per heavy atom. The lowest BCUT2D eigenvalue weighted by Gasteiger charge is -2.10. The van der Waals surface area contributed by atoms with Crippen LogP contribution >= 0.6 is 0 Å². The molecule has 0 saturated heterocycles. The van der Waals surface area contributed by atoms with Crippen LogP contribution in [0.1, 0.15) is 0 Å². The maximum atomic E-state index is 12.2. The minimum absolute atomic E-state index is 0.223. The number of sulfonamides is 1. The Hall–Kier alpha value is -2.18. The number of fused-ring (bicyclic) bond motifs is 1. The Labute approximate surface area is 122 Å². The summed E-state index contributed by atoms with van der Waals surface area (Å²) in [6.45, 7) is 0. The molecule has 5 nitrogen and oxygen atoms in total. The number of nitrogens with zero attached hydrogens (tertiary/aromatic N) is 2. The maximum absolute atomic E-state index is 12.2. The number of benzene rings is 2. The van der Waals surface area contributed by atoms with Crippen LogP contribution in [0.25, 0.3) is 22.2 Å². The summed E-state index contributed by atoms with van der Waals surface area (Å²) in [6.07, 6.45) is 0. The molecule has 0 N–H and O–H groups in total. The SMILES string of the molecule is CN(C)S(=O)(=O)c1ccc2noc(-c3ccccc3)c2c1. The van der Waals surface area contributed by atoms with Gasteiger partial charge < -0.3 is 4.52 Å². The van der Waals surface area contributed by atoms with Gasteiger partial charge in [0.05, 0.1) is 10.3 Å². The highest BCUT2D eigenvalue weighted by Gasteiger charge is 2.20. The molecule has 1 heterocycles. The Balaban J connectivity index is 2.22. The van der Waals surface area contributed by atoms with Crippen LogP contribution in [0, 0.1) is 0 Å². The van der Waals surface area contributed by atoms with Gasteiger partial charge in [-0.2, -0.15) is 0 Å². The summed E-state index contributed by atoms with van der Waals surface area (Å²) in [5.41, 5.74) is 1.49.